The third kappa shape index (κ3) is 6.93. The third-order valence-electron chi connectivity index (χ3n) is 11.4. The third-order valence-corrected chi connectivity index (χ3v) is 11.4. The fourth-order valence-corrected chi connectivity index (χ4v) is 8.34. The van der Waals surface area contributed by atoms with Crippen molar-refractivity contribution in [3.63, 3.8) is 0 Å². The van der Waals surface area contributed by atoms with Gasteiger partial charge in [0.25, 0.3) is 0 Å². The fourth-order valence-electron chi connectivity index (χ4n) is 8.34. The van der Waals surface area contributed by atoms with Crippen LogP contribution in [0.1, 0.15) is 11.0 Å². The summed E-state index contributed by atoms with van der Waals surface area (Å²) < 4.78 is 77.5. The van der Waals surface area contributed by atoms with Gasteiger partial charge in [0.15, 0.2) is 0 Å². The maximum absolute atomic E-state index is 9.81. The highest BCUT2D eigenvalue weighted by Crippen LogP contribution is 2.42. The van der Waals surface area contributed by atoms with Crippen LogP contribution in [0.4, 0.5) is 17.1 Å². The predicted octanol–water partition coefficient (Wildman–Crippen LogP) is 17.0. The van der Waals surface area contributed by atoms with Crippen molar-refractivity contribution in [1.29, 1.82) is 0 Å². The zero-order chi connectivity index (χ0) is 47.5. The molecule has 0 N–H and O–H groups in total. The van der Waals surface area contributed by atoms with Crippen LogP contribution < -0.4 is 4.90 Å². The first-order valence-corrected chi connectivity index (χ1v) is 20.3. The van der Waals surface area contributed by atoms with E-state index in [2.05, 4.69) is 36.4 Å². The van der Waals surface area contributed by atoms with Gasteiger partial charge in [0.05, 0.1) is 11.0 Å². The van der Waals surface area contributed by atoms with Crippen LogP contribution in [0.2, 0.25) is 0 Å². The van der Waals surface area contributed by atoms with Gasteiger partial charge in [0.2, 0.25) is 0 Å². The molecular formula is C60H41N. The molecule has 11 aromatic carbocycles. The van der Waals surface area contributed by atoms with Crippen molar-refractivity contribution in [1.82, 2.24) is 0 Å². The largest absolute Gasteiger partial charge is 0.311 e. The highest BCUT2D eigenvalue weighted by Gasteiger charge is 2.17. The van der Waals surface area contributed by atoms with E-state index in [1.807, 2.05) is 152 Å². The lowest BCUT2D eigenvalue weighted by molar-refractivity contribution is 1.28. The summed E-state index contributed by atoms with van der Waals surface area (Å²) in [6.07, 6.45) is 0. The van der Waals surface area contributed by atoms with E-state index in [1.165, 1.54) is 4.90 Å². The Labute approximate surface area is 368 Å². The van der Waals surface area contributed by atoms with Gasteiger partial charge < -0.3 is 4.90 Å². The van der Waals surface area contributed by atoms with E-state index in [4.69, 9.17) is 0 Å². The molecule has 61 heavy (non-hydrogen) atoms. The first-order valence-electron chi connectivity index (χ1n) is 24.3. The summed E-state index contributed by atoms with van der Waals surface area (Å²) in [7, 11) is 0. The van der Waals surface area contributed by atoms with Gasteiger partial charge in [0.1, 0.15) is 0 Å². The van der Waals surface area contributed by atoms with E-state index in [0.29, 0.717) is 16.8 Å². The van der Waals surface area contributed by atoms with Gasteiger partial charge >= 0.3 is 0 Å². The molecule has 0 aliphatic heterocycles. The van der Waals surface area contributed by atoms with Crippen molar-refractivity contribution in [2.45, 2.75) is 0 Å². The molecule has 0 radical (unpaired) electrons. The minimum atomic E-state index is -0.401. The molecule has 1 nitrogen and oxygen atoms in total. The number of fused-ring (bicyclic) bond motifs is 3. The number of anilines is 3. The lowest BCUT2D eigenvalue weighted by atomic mass is 9.89. The van der Waals surface area contributed by atoms with Crippen molar-refractivity contribution in [2.24, 2.45) is 0 Å². The average Bonchev–Trinajstić information content (AvgIpc) is 3.39. The highest BCUT2D eigenvalue weighted by atomic mass is 15.1. The molecule has 0 unspecified atom stereocenters. The second-order valence-electron chi connectivity index (χ2n) is 15.1. The van der Waals surface area contributed by atoms with Gasteiger partial charge in [0, 0.05) is 17.1 Å². The lowest BCUT2D eigenvalue weighted by Gasteiger charge is -2.26. The maximum atomic E-state index is 9.81. The predicted molar refractivity (Wildman–Crippen MR) is 261 cm³/mol. The van der Waals surface area contributed by atoms with E-state index in [-0.39, 0.29) is 46.7 Å². The second-order valence-corrected chi connectivity index (χ2v) is 15.1. The topological polar surface area (TPSA) is 3.24 Å². The first kappa shape index (κ1) is 28.4. The Kier molecular flexibility index (Phi) is 7.29. The summed E-state index contributed by atoms with van der Waals surface area (Å²) in [5.41, 5.74) is 6.54. The molecule has 1 heteroatoms. The summed E-state index contributed by atoms with van der Waals surface area (Å²) in [4.78, 5) is 1.37. The molecular weight excluding hydrogens is 735 g/mol. The molecule has 0 aromatic heterocycles. The summed E-state index contributed by atoms with van der Waals surface area (Å²) in [6, 6.07) is 61.7. The van der Waals surface area contributed by atoms with Crippen LogP contribution in [0.3, 0.4) is 0 Å². The number of benzene rings is 11. The molecule has 0 amide bonds. The van der Waals surface area contributed by atoms with Crippen LogP contribution >= 0.6 is 0 Å². The average molecular weight is 784 g/mol. The molecule has 0 spiro atoms. The molecule has 11 rings (SSSR count). The maximum Gasteiger partial charge on any atom is 0.0645 e. The Morgan fingerprint density at radius 3 is 1.48 bits per heavy atom. The molecule has 0 saturated carbocycles. The summed E-state index contributed by atoms with van der Waals surface area (Å²) in [5, 5.41) is 5.98. The molecule has 0 fully saturated rings. The van der Waals surface area contributed by atoms with Gasteiger partial charge in [-0.3, -0.25) is 0 Å². The van der Waals surface area contributed by atoms with Crippen molar-refractivity contribution in [2.75, 3.05) is 4.90 Å². The minimum absolute atomic E-state index is 0.101. The molecule has 0 saturated heterocycles. The molecule has 0 aliphatic carbocycles. The number of hydrogen-bond donors (Lipinski definition) is 0. The van der Waals surface area contributed by atoms with Crippen LogP contribution in [0.15, 0.2) is 249 Å². The second kappa shape index (κ2) is 15.6. The van der Waals surface area contributed by atoms with Crippen molar-refractivity contribution < 1.29 is 11.0 Å². The Hall–Kier alpha value is -8.00. The summed E-state index contributed by atoms with van der Waals surface area (Å²) in [5.74, 6) is 0. The normalized spacial score (nSPS) is 13.1. The molecule has 0 atom stereocenters. The standard InChI is InChI=1S/C60H41N/c1-2-12-47(13-3-1)59-40-33-48-15-7-9-19-58(48)60(59)50-31-38-55(39-32-50)61(54-36-29-45(30-37-54)52-26-23-42-11-4-5-16-51(42)41-52)53-34-27-44(28-35-53)43-21-24-49(25-22-43)57-20-10-17-46-14-6-8-18-56(46)57/h1-41H/i27D,28D,31D,32D,34D,35D,38D,39D. The molecule has 286 valence electrons. The highest BCUT2D eigenvalue weighted by molar-refractivity contribution is 6.04. The molecule has 0 heterocycles. The zero-order valence-corrected chi connectivity index (χ0v) is 33.0. The minimum Gasteiger partial charge on any atom is -0.311 e. The van der Waals surface area contributed by atoms with Crippen LogP contribution in [-0.4, -0.2) is 0 Å². The van der Waals surface area contributed by atoms with Crippen LogP contribution in [0.5, 0.6) is 0 Å². The van der Waals surface area contributed by atoms with Gasteiger partial charge in [-0.15, -0.1) is 0 Å². The monoisotopic (exact) mass is 783 g/mol. The summed E-state index contributed by atoms with van der Waals surface area (Å²) >= 11 is 0. The smallest absolute Gasteiger partial charge is 0.0645 e. The van der Waals surface area contributed by atoms with Crippen molar-refractivity contribution in [3.8, 4) is 55.6 Å². The van der Waals surface area contributed by atoms with Crippen molar-refractivity contribution >= 4 is 49.4 Å². The Bertz CT molecular complexity index is 3750. The number of hydrogen-bond acceptors (Lipinski definition) is 1. The molecule has 0 aliphatic rings. The number of rotatable bonds is 8. The molecule has 0 bridgehead atoms. The SMILES string of the molecule is [2H]c1c([2H])c(N(c2ccc(-c3ccc4ccccc4c3)cc2)c2c([2H])c([2H])c(-c3c(-c4ccccc4)ccc4ccccc34)c([2H])c2[2H])c([2H])c([2H])c1-c1ccc(-c2cccc3ccccc23)cc1. The first-order chi connectivity index (χ1) is 33.6. The van der Waals surface area contributed by atoms with Crippen molar-refractivity contribution in [3.05, 3.63) is 249 Å². The van der Waals surface area contributed by atoms with Crippen LogP contribution in [-0.2, 0) is 0 Å². The Morgan fingerprint density at radius 2 is 0.754 bits per heavy atom. The van der Waals surface area contributed by atoms with Gasteiger partial charge in [-0.1, -0.05) is 206 Å². The van der Waals surface area contributed by atoms with Crippen LogP contribution in [0.25, 0.3) is 88.0 Å². The quantitative estimate of drug-likeness (QED) is 0.148. The van der Waals surface area contributed by atoms with E-state index >= 15 is 0 Å². The zero-order valence-electron chi connectivity index (χ0n) is 41.0. The van der Waals surface area contributed by atoms with Gasteiger partial charge in [-0.2, -0.15) is 0 Å². The van der Waals surface area contributed by atoms with E-state index in [0.717, 1.165) is 65.7 Å². The fraction of sp³-hybridized carbons (Fsp3) is 0. The Morgan fingerprint density at radius 1 is 0.262 bits per heavy atom. The summed E-state index contributed by atoms with van der Waals surface area (Å²) in [6.45, 7) is 0. The van der Waals surface area contributed by atoms with E-state index in [9.17, 15) is 11.0 Å². The van der Waals surface area contributed by atoms with Gasteiger partial charge in [-0.25, -0.2) is 0 Å². The van der Waals surface area contributed by atoms with Crippen LogP contribution in [0, 0.1) is 0 Å². The van der Waals surface area contributed by atoms with Gasteiger partial charge in [-0.05, 0) is 130 Å². The number of nitrogens with zero attached hydrogens (tertiary/aromatic N) is 1. The molecule has 11 aromatic rings. The van der Waals surface area contributed by atoms with E-state index < -0.39 is 24.2 Å². The lowest BCUT2D eigenvalue weighted by Crippen LogP contribution is -2.09. The van der Waals surface area contributed by atoms with E-state index in [1.54, 1.807) is 12.1 Å². The Balaban J connectivity index is 1.10.